The number of thioether (sulfide) groups is 1. The molecule has 1 heterocycles. The van der Waals surface area contributed by atoms with E-state index in [-0.39, 0.29) is 24.0 Å². The number of hydrogen-bond acceptors (Lipinski definition) is 3. The number of aryl methyl sites for hydroxylation is 1. The lowest BCUT2D eigenvalue weighted by atomic mass is 10.1. The highest BCUT2D eigenvalue weighted by molar-refractivity contribution is 14.0. The van der Waals surface area contributed by atoms with Crippen molar-refractivity contribution in [2.45, 2.75) is 26.8 Å². The monoisotopic (exact) mass is 447 g/mol. The summed E-state index contributed by atoms with van der Waals surface area (Å²) >= 11 is 1.87. The second kappa shape index (κ2) is 10.8. The summed E-state index contributed by atoms with van der Waals surface area (Å²) in [6.07, 6.45) is 3.26. The largest absolute Gasteiger partial charge is 0.459 e. The van der Waals surface area contributed by atoms with E-state index in [9.17, 15) is 0 Å². The number of furan rings is 1. The van der Waals surface area contributed by atoms with Gasteiger partial charge in [0, 0.05) is 24.0 Å². The Morgan fingerprint density at radius 2 is 2.04 bits per heavy atom. The van der Waals surface area contributed by atoms with E-state index >= 15 is 0 Å². The summed E-state index contributed by atoms with van der Waals surface area (Å²) < 4.78 is 5.90. The molecule has 0 unspecified atom stereocenters. The minimum absolute atomic E-state index is 0. The van der Waals surface area contributed by atoms with Crippen molar-refractivity contribution >= 4 is 52.7 Å². The first-order valence-electron chi connectivity index (χ1n) is 7.74. The zero-order chi connectivity index (χ0) is 15.8. The second-order valence-corrected chi connectivity index (χ2v) is 6.10. The molecule has 0 fully saturated rings. The molecule has 2 rings (SSSR count). The summed E-state index contributed by atoms with van der Waals surface area (Å²) in [5.41, 5.74) is 2.11. The summed E-state index contributed by atoms with van der Waals surface area (Å²) in [5.74, 6) is 2.95. The van der Waals surface area contributed by atoms with Gasteiger partial charge in [-0.1, -0.05) is 18.2 Å². The molecule has 0 spiro atoms. The van der Waals surface area contributed by atoms with E-state index in [4.69, 9.17) is 4.42 Å². The molecule has 0 saturated heterocycles. The number of nitrogens with zero attached hydrogens (tertiary/aromatic N) is 1. The molecule has 0 atom stereocenters. The normalized spacial score (nSPS) is 11.3. The van der Waals surface area contributed by atoms with Crippen molar-refractivity contribution in [3.63, 3.8) is 0 Å². The average Bonchev–Trinajstić information content (AvgIpc) is 2.86. The van der Waals surface area contributed by atoms with Crippen LogP contribution in [0.1, 0.15) is 24.7 Å². The summed E-state index contributed by atoms with van der Waals surface area (Å²) in [4.78, 5) is 4.63. The van der Waals surface area contributed by atoms with Gasteiger partial charge in [0.25, 0.3) is 0 Å². The Hall–Kier alpha value is -0.890. The number of nitrogens with one attached hydrogen (secondary N) is 2. The molecule has 0 radical (unpaired) electrons. The maximum absolute atomic E-state index is 5.90. The standard InChI is InChI=1S/C17H25N3OS.HI/c1-4-18-17(19-10-7-11-22-3)20-12-16-13(2)14-8-5-6-9-15(14)21-16;/h5-6,8-9H,4,7,10-12H2,1-3H3,(H2,18,19,20);1H. The molecule has 2 N–H and O–H groups in total. The van der Waals surface area contributed by atoms with Gasteiger partial charge in [-0.15, -0.1) is 24.0 Å². The Morgan fingerprint density at radius 1 is 1.26 bits per heavy atom. The predicted molar refractivity (Wildman–Crippen MR) is 112 cm³/mol. The molecule has 23 heavy (non-hydrogen) atoms. The molecule has 1 aromatic heterocycles. The average molecular weight is 447 g/mol. The highest BCUT2D eigenvalue weighted by Gasteiger charge is 2.09. The fourth-order valence-electron chi connectivity index (χ4n) is 2.29. The van der Waals surface area contributed by atoms with Gasteiger partial charge in [0.2, 0.25) is 0 Å². The van der Waals surface area contributed by atoms with Crippen LogP contribution in [-0.4, -0.2) is 31.1 Å². The minimum Gasteiger partial charge on any atom is -0.459 e. The van der Waals surface area contributed by atoms with E-state index in [0.29, 0.717) is 6.54 Å². The second-order valence-electron chi connectivity index (χ2n) is 5.11. The molecule has 1 aromatic carbocycles. The Labute approximate surface area is 159 Å². The summed E-state index contributed by atoms with van der Waals surface area (Å²) in [5, 5.41) is 7.81. The van der Waals surface area contributed by atoms with E-state index in [1.54, 1.807) is 0 Å². The number of halogens is 1. The lowest BCUT2D eigenvalue weighted by molar-refractivity contribution is 0.548. The van der Waals surface area contributed by atoms with Crippen molar-refractivity contribution in [3.05, 3.63) is 35.6 Å². The highest BCUT2D eigenvalue weighted by atomic mass is 127. The number of guanidine groups is 1. The van der Waals surface area contributed by atoms with Gasteiger partial charge >= 0.3 is 0 Å². The fourth-order valence-corrected chi connectivity index (χ4v) is 2.72. The molecule has 0 aliphatic carbocycles. The first kappa shape index (κ1) is 20.2. The van der Waals surface area contributed by atoms with E-state index in [1.165, 1.54) is 10.9 Å². The quantitative estimate of drug-likeness (QED) is 0.290. The number of rotatable bonds is 7. The molecule has 128 valence electrons. The third-order valence-electron chi connectivity index (χ3n) is 3.49. The summed E-state index contributed by atoms with van der Waals surface area (Å²) in [6.45, 7) is 6.51. The molecular weight excluding hydrogens is 421 g/mol. The molecular formula is C17H26IN3OS. The molecule has 0 aliphatic heterocycles. The Balaban J connectivity index is 0.00000264. The topological polar surface area (TPSA) is 49.6 Å². The van der Waals surface area contributed by atoms with Crippen LogP contribution in [0.3, 0.4) is 0 Å². The molecule has 0 saturated carbocycles. The van der Waals surface area contributed by atoms with Gasteiger partial charge in [0.15, 0.2) is 5.96 Å². The van der Waals surface area contributed by atoms with E-state index in [1.807, 2.05) is 30.0 Å². The number of fused-ring (bicyclic) bond motifs is 1. The van der Waals surface area contributed by atoms with Crippen LogP contribution in [0.5, 0.6) is 0 Å². The van der Waals surface area contributed by atoms with Crippen molar-refractivity contribution in [2.24, 2.45) is 4.99 Å². The number of benzene rings is 1. The Kier molecular flexibility index (Phi) is 9.47. The molecule has 2 aromatic rings. The van der Waals surface area contributed by atoms with Crippen LogP contribution in [0, 0.1) is 6.92 Å². The van der Waals surface area contributed by atoms with Crippen molar-refractivity contribution < 1.29 is 4.42 Å². The van der Waals surface area contributed by atoms with Crippen LogP contribution in [0.4, 0.5) is 0 Å². The van der Waals surface area contributed by atoms with Gasteiger partial charge in [-0.05, 0) is 38.3 Å². The van der Waals surface area contributed by atoms with Crippen LogP contribution >= 0.6 is 35.7 Å². The number of para-hydroxylation sites is 1. The van der Waals surface area contributed by atoms with Crippen LogP contribution in [0.15, 0.2) is 33.7 Å². The molecule has 6 heteroatoms. The Bertz CT molecular complexity index is 627. The third-order valence-corrected chi connectivity index (χ3v) is 4.18. The summed E-state index contributed by atoms with van der Waals surface area (Å²) in [7, 11) is 0. The third kappa shape index (κ3) is 5.91. The van der Waals surface area contributed by atoms with E-state index < -0.39 is 0 Å². The number of hydrogen-bond donors (Lipinski definition) is 2. The van der Waals surface area contributed by atoms with Crippen LogP contribution < -0.4 is 10.6 Å². The van der Waals surface area contributed by atoms with Crippen molar-refractivity contribution in [3.8, 4) is 0 Å². The number of aliphatic imine (C=N–C) groups is 1. The van der Waals surface area contributed by atoms with Gasteiger partial charge < -0.3 is 15.1 Å². The zero-order valence-corrected chi connectivity index (χ0v) is 17.2. The first-order valence-corrected chi connectivity index (χ1v) is 9.13. The predicted octanol–water partition coefficient (Wildman–Crippen LogP) is 4.17. The van der Waals surface area contributed by atoms with Gasteiger partial charge in [0.05, 0.1) is 0 Å². The fraction of sp³-hybridized carbons (Fsp3) is 0.471. The van der Waals surface area contributed by atoms with Gasteiger partial charge in [-0.3, -0.25) is 0 Å². The first-order chi connectivity index (χ1) is 10.8. The summed E-state index contributed by atoms with van der Waals surface area (Å²) in [6, 6.07) is 8.12. The highest BCUT2D eigenvalue weighted by Crippen LogP contribution is 2.25. The van der Waals surface area contributed by atoms with Crippen molar-refractivity contribution in [1.29, 1.82) is 0 Å². The molecule has 0 aliphatic rings. The van der Waals surface area contributed by atoms with Crippen LogP contribution in [0.2, 0.25) is 0 Å². The molecule has 0 bridgehead atoms. The van der Waals surface area contributed by atoms with Crippen molar-refractivity contribution in [1.82, 2.24) is 10.6 Å². The van der Waals surface area contributed by atoms with Gasteiger partial charge in [-0.25, -0.2) is 4.99 Å². The van der Waals surface area contributed by atoms with E-state index in [0.717, 1.165) is 42.6 Å². The lowest BCUT2D eigenvalue weighted by Gasteiger charge is -2.10. The van der Waals surface area contributed by atoms with Gasteiger partial charge in [-0.2, -0.15) is 11.8 Å². The zero-order valence-electron chi connectivity index (χ0n) is 14.0. The maximum Gasteiger partial charge on any atom is 0.191 e. The lowest BCUT2D eigenvalue weighted by Crippen LogP contribution is -2.37. The minimum atomic E-state index is 0. The maximum atomic E-state index is 5.90. The van der Waals surface area contributed by atoms with Crippen LogP contribution in [-0.2, 0) is 6.54 Å². The molecule has 0 amide bonds. The van der Waals surface area contributed by atoms with E-state index in [2.05, 4.69) is 41.8 Å². The van der Waals surface area contributed by atoms with Gasteiger partial charge in [0.1, 0.15) is 17.9 Å². The SMILES string of the molecule is CCNC(=NCc1oc2ccccc2c1C)NCCCSC.I. The smallest absolute Gasteiger partial charge is 0.191 e. The Morgan fingerprint density at radius 3 is 2.74 bits per heavy atom. The van der Waals surface area contributed by atoms with Crippen molar-refractivity contribution in [2.75, 3.05) is 25.1 Å². The molecule has 4 nitrogen and oxygen atoms in total. The van der Waals surface area contributed by atoms with Crippen LogP contribution in [0.25, 0.3) is 11.0 Å².